The van der Waals surface area contributed by atoms with Crippen molar-refractivity contribution >= 4 is 15.9 Å². The lowest BCUT2D eigenvalue weighted by atomic mass is 10.1. The SMILES string of the molecule is Cc1cc(-c2nc(C(C)(C)N)no2)ccc1Br. The molecule has 1 aromatic carbocycles. The van der Waals surface area contributed by atoms with Crippen molar-refractivity contribution in [1.29, 1.82) is 0 Å². The van der Waals surface area contributed by atoms with Crippen molar-refractivity contribution < 1.29 is 4.52 Å². The normalized spacial score (nSPS) is 11.8. The number of halogens is 1. The smallest absolute Gasteiger partial charge is 0.258 e. The molecule has 0 spiro atoms. The molecule has 0 radical (unpaired) electrons. The summed E-state index contributed by atoms with van der Waals surface area (Å²) >= 11 is 3.45. The van der Waals surface area contributed by atoms with Crippen LogP contribution in [-0.2, 0) is 5.54 Å². The van der Waals surface area contributed by atoms with Crippen LogP contribution in [0.4, 0.5) is 0 Å². The van der Waals surface area contributed by atoms with Gasteiger partial charge in [0.05, 0.1) is 5.54 Å². The standard InChI is InChI=1S/C12H14BrN3O/c1-7-6-8(4-5-9(7)13)10-15-11(16-17-10)12(2,3)14/h4-6H,14H2,1-3H3. The second kappa shape index (κ2) is 4.23. The van der Waals surface area contributed by atoms with Crippen molar-refractivity contribution in [3.05, 3.63) is 34.1 Å². The summed E-state index contributed by atoms with van der Waals surface area (Å²) in [5, 5.41) is 3.89. The lowest BCUT2D eigenvalue weighted by Gasteiger charge is -2.11. The van der Waals surface area contributed by atoms with Crippen LogP contribution in [0.5, 0.6) is 0 Å². The molecule has 4 nitrogen and oxygen atoms in total. The predicted octanol–water partition coefficient (Wildman–Crippen LogP) is 3.00. The lowest BCUT2D eigenvalue weighted by molar-refractivity contribution is 0.397. The maximum atomic E-state index is 5.91. The summed E-state index contributed by atoms with van der Waals surface area (Å²) in [6.45, 7) is 5.70. The molecule has 0 atom stereocenters. The number of nitrogens with two attached hydrogens (primary N) is 1. The van der Waals surface area contributed by atoms with Crippen molar-refractivity contribution in [2.45, 2.75) is 26.3 Å². The Hall–Kier alpha value is -1.20. The first-order valence-electron chi connectivity index (χ1n) is 5.27. The summed E-state index contributed by atoms with van der Waals surface area (Å²) in [6, 6.07) is 5.88. The maximum Gasteiger partial charge on any atom is 0.258 e. The molecule has 5 heteroatoms. The van der Waals surface area contributed by atoms with Gasteiger partial charge in [-0.3, -0.25) is 0 Å². The van der Waals surface area contributed by atoms with Crippen molar-refractivity contribution in [1.82, 2.24) is 10.1 Å². The molecule has 0 fully saturated rings. The molecule has 2 N–H and O–H groups in total. The minimum atomic E-state index is -0.591. The van der Waals surface area contributed by atoms with Gasteiger partial charge in [0.25, 0.3) is 5.89 Å². The molecule has 0 aliphatic carbocycles. The first kappa shape index (κ1) is 12.3. The topological polar surface area (TPSA) is 64.9 Å². The minimum absolute atomic E-state index is 0.495. The molecule has 0 bridgehead atoms. The van der Waals surface area contributed by atoms with E-state index in [4.69, 9.17) is 10.3 Å². The van der Waals surface area contributed by atoms with Gasteiger partial charge >= 0.3 is 0 Å². The van der Waals surface area contributed by atoms with E-state index >= 15 is 0 Å². The van der Waals surface area contributed by atoms with Gasteiger partial charge in [0, 0.05) is 10.0 Å². The third-order valence-corrected chi connectivity index (χ3v) is 3.30. The molecule has 0 unspecified atom stereocenters. The van der Waals surface area contributed by atoms with Crippen LogP contribution in [0.1, 0.15) is 25.2 Å². The average Bonchev–Trinajstić information content (AvgIpc) is 2.70. The number of aryl methyl sites for hydroxylation is 1. The zero-order valence-corrected chi connectivity index (χ0v) is 11.6. The molecule has 0 aliphatic heterocycles. The number of hydrogen-bond donors (Lipinski definition) is 1. The first-order chi connectivity index (χ1) is 7.88. The van der Waals surface area contributed by atoms with E-state index in [2.05, 4.69) is 26.1 Å². The highest BCUT2D eigenvalue weighted by Crippen LogP contribution is 2.25. The Morgan fingerprint density at radius 1 is 1.35 bits per heavy atom. The van der Waals surface area contributed by atoms with Crippen LogP contribution >= 0.6 is 15.9 Å². The molecule has 90 valence electrons. The van der Waals surface area contributed by atoms with Crippen LogP contribution < -0.4 is 5.73 Å². The Morgan fingerprint density at radius 2 is 2.06 bits per heavy atom. The second-order valence-electron chi connectivity index (χ2n) is 4.61. The summed E-state index contributed by atoms with van der Waals surface area (Å²) in [6.07, 6.45) is 0. The van der Waals surface area contributed by atoms with Crippen LogP contribution in [0.3, 0.4) is 0 Å². The molecule has 1 heterocycles. The van der Waals surface area contributed by atoms with Crippen molar-refractivity contribution in [3.8, 4) is 11.5 Å². The second-order valence-corrected chi connectivity index (χ2v) is 5.46. The van der Waals surface area contributed by atoms with Crippen LogP contribution in [0.2, 0.25) is 0 Å². The van der Waals surface area contributed by atoms with E-state index in [0.717, 1.165) is 15.6 Å². The van der Waals surface area contributed by atoms with Crippen LogP contribution in [0, 0.1) is 6.92 Å². The average molecular weight is 296 g/mol. The lowest BCUT2D eigenvalue weighted by Crippen LogP contribution is -2.30. The van der Waals surface area contributed by atoms with Gasteiger partial charge in [0.1, 0.15) is 0 Å². The number of aromatic nitrogens is 2. The molecule has 0 saturated carbocycles. The van der Waals surface area contributed by atoms with E-state index in [1.54, 1.807) is 0 Å². The van der Waals surface area contributed by atoms with Gasteiger partial charge in [-0.1, -0.05) is 21.1 Å². The number of hydrogen-bond acceptors (Lipinski definition) is 4. The monoisotopic (exact) mass is 295 g/mol. The Balaban J connectivity index is 2.40. The fourth-order valence-corrected chi connectivity index (χ4v) is 1.63. The molecule has 0 aliphatic rings. The summed E-state index contributed by atoms with van der Waals surface area (Å²) < 4.78 is 6.27. The van der Waals surface area contributed by atoms with Crippen LogP contribution in [0.15, 0.2) is 27.2 Å². The zero-order chi connectivity index (χ0) is 12.6. The molecule has 17 heavy (non-hydrogen) atoms. The van der Waals surface area contributed by atoms with E-state index in [1.807, 2.05) is 39.0 Å². The number of benzene rings is 1. The van der Waals surface area contributed by atoms with Gasteiger partial charge in [-0.2, -0.15) is 4.98 Å². The first-order valence-corrected chi connectivity index (χ1v) is 6.07. The van der Waals surface area contributed by atoms with Gasteiger partial charge in [0.2, 0.25) is 0 Å². The third-order valence-electron chi connectivity index (χ3n) is 2.41. The van der Waals surface area contributed by atoms with E-state index < -0.39 is 5.54 Å². The van der Waals surface area contributed by atoms with E-state index in [1.165, 1.54) is 0 Å². The summed E-state index contributed by atoms with van der Waals surface area (Å²) in [5.74, 6) is 1.00. The highest BCUT2D eigenvalue weighted by atomic mass is 79.9. The zero-order valence-electron chi connectivity index (χ0n) is 9.99. The fourth-order valence-electron chi connectivity index (χ4n) is 1.38. The summed E-state index contributed by atoms with van der Waals surface area (Å²) in [5.41, 5.74) is 7.34. The molecule has 0 amide bonds. The van der Waals surface area contributed by atoms with Gasteiger partial charge in [0.15, 0.2) is 5.82 Å². The van der Waals surface area contributed by atoms with E-state index in [0.29, 0.717) is 11.7 Å². The Bertz CT molecular complexity index is 543. The summed E-state index contributed by atoms with van der Waals surface area (Å²) in [4.78, 5) is 4.30. The molecular weight excluding hydrogens is 282 g/mol. The molecular formula is C12H14BrN3O. The summed E-state index contributed by atoms with van der Waals surface area (Å²) in [7, 11) is 0. The highest BCUT2D eigenvalue weighted by Gasteiger charge is 2.22. The maximum absolute atomic E-state index is 5.91. The van der Waals surface area contributed by atoms with E-state index in [-0.39, 0.29) is 0 Å². The predicted molar refractivity (Wildman–Crippen MR) is 69.4 cm³/mol. The number of rotatable bonds is 2. The van der Waals surface area contributed by atoms with Crippen molar-refractivity contribution in [3.63, 3.8) is 0 Å². The molecule has 2 aromatic rings. The molecule has 0 saturated heterocycles. The van der Waals surface area contributed by atoms with Crippen LogP contribution in [-0.4, -0.2) is 10.1 Å². The van der Waals surface area contributed by atoms with Crippen LogP contribution in [0.25, 0.3) is 11.5 Å². The molecule has 2 rings (SSSR count). The van der Waals surface area contributed by atoms with Crippen molar-refractivity contribution in [2.75, 3.05) is 0 Å². The van der Waals surface area contributed by atoms with E-state index in [9.17, 15) is 0 Å². The highest BCUT2D eigenvalue weighted by molar-refractivity contribution is 9.10. The Morgan fingerprint density at radius 3 is 2.59 bits per heavy atom. The van der Waals surface area contributed by atoms with Gasteiger partial charge in [-0.25, -0.2) is 0 Å². The number of nitrogens with zero attached hydrogens (tertiary/aromatic N) is 2. The largest absolute Gasteiger partial charge is 0.334 e. The quantitative estimate of drug-likeness (QED) is 0.925. The van der Waals surface area contributed by atoms with Gasteiger partial charge in [-0.15, -0.1) is 0 Å². The van der Waals surface area contributed by atoms with Gasteiger partial charge < -0.3 is 10.3 Å². The Labute approximate surface area is 108 Å². The van der Waals surface area contributed by atoms with Gasteiger partial charge in [-0.05, 0) is 44.5 Å². The Kier molecular flexibility index (Phi) is 3.05. The third kappa shape index (κ3) is 2.56. The fraction of sp³-hybridized carbons (Fsp3) is 0.333. The minimum Gasteiger partial charge on any atom is -0.334 e. The molecule has 1 aromatic heterocycles. The van der Waals surface area contributed by atoms with Crippen molar-refractivity contribution in [2.24, 2.45) is 5.73 Å².